The van der Waals surface area contributed by atoms with Crippen LogP contribution in [0, 0.1) is 10.1 Å². The molecule has 1 saturated heterocycles. The summed E-state index contributed by atoms with van der Waals surface area (Å²) in [5.74, 6) is 0.0330. The fraction of sp³-hybridized carbons (Fsp3) is 0.571. The minimum absolute atomic E-state index is 0.0159. The van der Waals surface area contributed by atoms with Gasteiger partial charge in [0.05, 0.1) is 11.5 Å². The van der Waals surface area contributed by atoms with Crippen molar-refractivity contribution in [1.29, 1.82) is 0 Å². The maximum absolute atomic E-state index is 10.0. The molecule has 1 aromatic carbocycles. The largest absolute Gasteiger partial charge is 0.508 e. The van der Waals surface area contributed by atoms with Crippen molar-refractivity contribution < 1.29 is 14.8 Å². The predicted molar refractivity (Wildman–Crippen MR) is 76.9 cm³/mol. The van der Waals surface area contributed by atoms with E-state index in [1.54, 1.807) is 0 Å². The summed E-state index contributed by atoms with van der Waals surface area (Å²) in [6, 6.07) is 5.70. The van der Waals surface area contributed by atoms with Gasteiger partial charge in [0.2, 0.25) is 0 Å². The maximum atomic E-state index is 10.0. The summed E-state index contributed by atoms with van der Waals surface area (Å²) in [5.41, 5.74) is -0.0159. The van der Waals surface area contributed by atoms with E-state index in [0.717, 1.165) is 13.2 Å². The highest BCUT2D eigenvalue weighted by molar-refractivity contribution is 5.34. The molecule has 1 fully saturated rings. The molecular formula is C14H22N2O4. The topological polar surface area (TPSA) is 75.8 Å². The summed E-state index contributed by atoms with van der Waals surface area (Å²) in [4.78, 5) is 11.8. The lowest BCUT2D eigenvalue weighted by molar-refractivity contribution is -0.384. The Balaban J connectivity index is 0.000000200. The van der Waals surface area contributed by atoms with E-state index in [1.807, 2.05) is 0 Å². The SMILES string of the molecule is CN(C)C1CCCCOC1.O=[N+]([O-])c1ccc(O)cc1. The van der Waals surface area contributed by atoms with Gasteiger partial charge in [0.1, 0.15) is 5.75 Å². The second-order valence-corrected chi connectivity index (χ2v) is 4.96. The zero-order valence-corrected chi connectivity index (χ0v) is 12.0. The van der Waals surface area contributed by atoms with Crippen LogP contribution in [-0.4, -0.2) is 48.3 Å². The molecule has 0 amide bonds. The monoisotopic (exact) mass is 282 g/mol. The molecule has 1 aliphatic heterocycles. The second-order valence-electron chi connectivity index (χ2n) is 4.96. The van der Waals surface area contributed by atoms with E-state index in [0.29, 0.717) is 6.04 Å². The Labute approximate surface area is 119 Å². The molecule has 6 nitrogen and oxygen atoms in total. The van der Waals surface area contributed by atoms with Crippen LogP contribution in [0.5, 0.6) is 5.75 Å². The number of non-ortho nitro benzene ring substituents is 1. The van der Waals surface area contributed by atoms with Gasteiger partial charge in [0.25, 0.3) is 5.69 Å². The Kier molecular flexibility index (Phi) is 6.97. The van der Waals surface area contributed by atoms with Gasteiger partial charge in [-0.05, 0) is 45.5 Å². The molecule has 1 N–H and O–H groups in total. The van der Waals surface area contributed by atoms with Crippen LogP contribution in [0.4, 0.5) is 5.69 Å². The smallest absolute Gasteiger partial charge is 0.269 e. The van der Waals surface area contributed by atoms with E-state index in [-0.39, 0.29) is 11.4 Å². The fourth-order valence-electron chi connectivity index (χ4n) is 1.87. The number of ether oxygens (including phenoxy) is 1. The van der Waals surface area contributed by atoms with E-state index in [2.05, 4.69) is 19.0 Å². The minimum Gasteiger partial charge on any atom is -0.508 e. The standard InChI is InChI=1S/C8H17NO.C6H5NO3/c1-9(2)8-5-3-4-6-10-7-8;8-6-3-1-5(2-4-6)7(9)10/h8H,3-7H2,1-2H3;1-4,8H. The molecule has 0 aliphatic carbocycles. The molecule has 0 saturated carbocycles. The number of phenols is 1. The number of nitro groups is 1. The fourth-order valence-corrected chi connectivity index (χ4v) is 1.87. The Morgan fingerprint density at radius 2 is 1.95 bits per heavy atom. The van der Waals surface area contributed by atoms with Gasteiger partial charge in [0.15, 0.2) is 0 Å². The molecule has 0 radical (unpaired) electrons. The number of rotatable bonds is 2. The highest BCUT2D eigenvalue weighted by Crippen LogP contribution is 2.15. The van der Waals surface area contributed by atoms with E-state index in [1.165, 1.54) is 43.5 Å². The molecule has 112 valence electrons. The third-order valence-corrected chi connectivity index (χ3v) is 3.18. The van der Waals surface area contributed by atoms with Crippen LogP contribution in [0.25, 0.3) is 0 Å². The predicted octanol–water partition coefficient (Wildman–Crippen LogP) is 2.42. The molecule has 1 aromatic rings. The minimum atomic E-state index is -0.514. The molecule has 1 atom stereocenters. The first-order valence-corrected chi connectivity index (χ1v) is 6.68. The van der Waals surface area contributed by atoms with Gasteiger partial charge in [-0.15, -0.1) is 0 Å². The molecule has 20 heavy (non-hydrogen) atoms. The van der Waals surface area contributed by atoms with Crippen molar-refractivity contribution in [1.82, 2.24) is 4.90 Å². The molecule has 2 rings (SSSR count). The lowest BCUT2D eigenvalue weighted by atomic mass is 10.1. The van der Waals surface area contributed by atoms with Crippen molar-refractivity contribution in [3.05, 3.63) is 34.4 Å². The highest BCUT2D eigenvalue weighted by Gasteiger charge is 2.13. The number of hydrogen-bond acceptors (Lipinski definition) is 5. The van der Waals surface area contributed by atoms with Crippen LogP contribution >= 0.6 is 0 Å². The van der Waals surface area contributed by atoms with Gasteiger partial charge in [-0.25, -0.2) is 0 Å². The number of phenolic OH excluding ortho intramolecular Hbond substituents is 1. The summed E-state index contributed by atoms with van der Waals surface area (Å²) in [6.07, 6.45) is 3.86. The number of nitro benzene ring substituents is 1. The third-order valence-electron chi connectivity index (χ3n) is 3.18. The number of hydrogen-bond donors (Lipinski definition) is 1. The lowest BCUT2D eigenvalue weighted by Crippen LogP contribution is -2.31. The molecule has 0 aromatic heterocycles. The summed E-state index contributed by atoms with van der Waals surface area (Å²) in [6.45, 7) is 1.89. The first-order chi connectivity index (χ1) is 9.50. The van der Waals surface area contributed by atoms with Crippen molar-refractivity contribution in [2.75, 3.05) is 27.3 Å². The Bertz CT molecular complexity index is 398. The average Bonchev–Trinajstić information content (AvgIpc) is 2.69. The summed E-state index contributed by atoms with van der Waals surface area (Å²) in [7, 11) is 4.25. The molecule has 1 unspecified atom stereocenters. The van der Waals surface area contributed by atoms with E-state index < -0.39 is 4.92 Å². The van der Waals surface area contributed by atoms with E-state index in [4.69, 9.17) is 9.84 Å². The van der Waals surface area contributed by atoms with Gasteiger partial charge < -0.3 is 14.7 Å². The Hall–Kier alpha value is -1.66. The molecule has 1 heterocycles. The number of nitrogens with zero attached hydrogens (tertiary/aromatic N) is 2. The second kappa shape index (κ2) is 8.50. The Morgan fingerprint density at radius 1 is 1.30 bits per heavy atom. The highest BCUT2D eigenvalue weighted by atomic mass is 16.6. The van der Waals surface area contributed by atoms with Crippen LogP contribution in [0.2, 0.25) is 0 Å². The van der Waals surface area contributed by atoms with Gasteiger partial charge in [-0.1, -0.05) is 0 Å². The first kappa shape index (κ1) is 16.4. The van der Waals surface area contributed by atoms with Crippen molar-refractivity contribution in [3.8, 4) is 5.75 Å². The quantitative estimate of drug-likeness (QED) is 0.666. The number of benzene rings is 1. The van der Waals surface area contributed by atoms with Gasteiger partial charge in [-0.3, -0.25) is 10.1 Å². The van der Waals surface area contributed by atoms with Crippen LogP contribution < -0.4 is 0 Å². The summed E-state index contributed by atoms with van der Waals surface area (Å²) >= 11 is 0. The maximum Gasteiger partial charge on any atom is 0.269 e. The van der Waals surface area contributed by atoms with Gasteiger partial charge in [-0.2, -0.15) is 0 Å². The van der Waals surface area contributed by atoms with Crippen molar-refractivity contribution in [2.45, 2.75) is 25.3 Å². The molecule has 6 heteroatoms. The summed E-state index contributed by atoms with van der Waals surface area (Å²) < 4.78 is 5.43. The van der Waals surface area contributed by atoms with Gasteiger partial charge in [0, 0.05) is 24.8 Å². The molecule has 1 aliphatic rings. The van der Waals surface area contributed by atoms with Crippen LogP contribution in [0.1, 0.15) is 19.3 Å². The van der Waals surface area contributed by atoms with Gasteiger partial charge >= 0.3 is 0 Å². The van der Waals surface area contributed by atoms with E-state index in [9.17, 15) is 10.1 Å². The van der Waals surface area contributed by atoms with Crippen LogP contribution in [-0.2, 0) is 4.74 Å². The number of likely N-dealkylation sites (N-methyl/N-ethyl adjacent to an activating group) is 1. The molecular weight excluding hydrogens is 260 g/mol. The lowest BCUT2D eigenvalue weighted by Gasteiger charge is -2.21. The molecule has 0 bridgehead atoms. The zero-order chi connectivity index (χ0) is 15.0. The summed E-state index contributed by atoms with van der Waals surface area (Å²) in [5, 5.41) is 18.8. The zero-order valence-electron chi connectivity index (χ0n) is 12.0. The molecule has 0 spiro atoms. The van der Waals surface area contributed by atoms with Crippen molar-refractivity contribution in [2.24, 2.45) is 0 Å². The Morgan fingerprint density at radius 3 is 2.50 bits per heavy atom. The van der Waals surface area contributed by atoms with Crippen LogP contribution in [0.15, 0.2) is 24.3 Å². The normalized spacial score (nSPS) is 18.9. The van der Waals surface area contributed by atoms with Crippen molar-refractivity contribution in [3.63, 3.8) is 0 Å². The third kappa shape index (κ3) is 5.99. The number of aromatic hydroxyl groups is 1. The van der Waals surface area contributed by atoms with Crippen molar-refractivity contribution >= 4 is 5.69 Å². The van der Waals surface area contributed by atoms with E-state index >= 15 is 0 Å². The first-order valence-electron chi connectivity index (χ1n) is 6.68. The average molecular weight is 282 g/mol. The van der Waals surface area contributed by atoms with Crippen LogP contribution in [0.3, 0.4) is 0 Å².